The van der Waals surface area contributed by atoms with Crippen LogP contribution in [0.25, 0.3) is 0 Å². The Morgan fingerprint density at radius 1 is 1.25 bits per heavy atom. The van der Waals surface area contributed by atoms with Crippen molar-refractivity contribution in [2.45, 2.75) is 20.0 Å². The molecule has 0 aliphatic rings. The summed E-state index contributed by atoms with van der Waals surface area (Å²) in [5, 5.41) is 0. The Kier molecular flexibility index (Phi) is 4.53. The molecule has 0 atom stereocenters. The summed E-state index contributed by atoms with van der Waals surface area (Å²) in [6.45, 7) is 3.10. The highest BCUT2D eigenvalue weighted by atomic mass is 16.5. The first-order valence-corrected chi connectivity index (χ1v) is 6.51. The van der Waals surface area contributed by atoms with E-state index in [1.807, 2.05) is 43.1 Å². The van der Waals surface area contributed by atoms with Gasteiger partial charge in [0.25, 0.3) is 0 Å². The molecule has 0 bridgehead atoms. The average molecular weight is 272 g/mol. The van der Waals surface area contributed by atoms with Crippen molar-refractivity contribution < 1.29 is 4.74 Å². The number of aromatic nitrogens is 2. The van der Waals surface area contributed by atoms with Crippen molar-refractivity contribution >= 4 is 5.95 Å². The molecular weight excluding hydrogens is 252 g/mol. The number of para-hydroxylation sites is 1. The van der Waals surface area contributed by atoms with Crippen LogP contribution in [-0.4, -0.2) is 24.1 Å². The first-order chi connectivity index (χ1) is 9.65. The number of ether oxygens (including phenoxy) is 1. The van der Waals surface area contributed by atoms with Gasteiger partial charge < -0.3 is 15.4 Å². The van der Waals surface area contributed by atoms with Crippen LogP contribution in [0.1, 0.15) is 16.8 Å². The lowest BCUT2D eigenvalue weighted by atomic mass is 10.2. The van der Waals surface area contributed by atoms with E-state index in [4.69, 9.17) is 10.5 Å². The fourth-order valence-electron chi connectivity index (χ4n) is 2.02. The molecule has 5 heteroatoms. The summed E-state index contributed by atoms with van der Waals surface area (Å²) in [4.78, 5) is 10.8. The fraction of sp³-hybridized carbons (Fsp3) is 0.333. The monoisotopic (exact) mass is 272 g/mol. The predicted octanol–water partition coefficient (Wildman–Crippen LogP) is 1.89. The van der Waals surface area contributed by atoms with E-state index in [0.29, 0.717) is 19.0 Å². The van der Waals surface area contributed by atoms with Crippen LogP contribution in [-0.2, 0) is 13.1 Å². The fourth-order valence-corrected chi connectivity index (χ4v) is 2.02. The molecule has 2 N–H and O–H groups in total. The minimum Gasteiger partial charge on any atom is -0.496 e. The number of methoxy groups -OCH3 is 1. The van der Waals surface area contributed by atoms with Gasteiger partial charge in [0.05, 0.1) is 7.11 Å². The smallest absolute Gasteiger partial charge is 0.225 e. The minimum absolute atomic E-state index is 0.461. The molecule has 0 amide bonds. The molecule has 2 rings (SSSR count). The predicted molar refractivity (Wildman–Crippen MR) is 79.8 cm³/mol. The summed E-state index contributed by atoms with van der Waals surface area (Å²) < 4.78 is 5.36. The lowest BCUT2D eigenvalue weighted by molar-refractivity contribution is 0.409. The van der Waals surface area contributed by atoms with Gasteiger partial charge in [-0.2, -0.15) is 0 Å². The van der Waals surface area contributed by atoms with Crippen LogP contribution in [0, 0.1) is 6.92 Å². The van der Waals surface area contributed by atoms with Crippen molar-refractivity contribution in [3.05, 3.63) is 47.3 Å². The molecule has 0 aliphatic heterocycles. The molecule has 0 saturated carbocycles. The molecule has 0 aliphatic carbocycles. The van der Waals surface area contributed by atoms with Gasteiger partial charge in [0.1, 0.15) is 5.75 Å². The van der Waals surface area contributed by atoms with Gasteiger partial charge in [-0.05, 0) is 13.0 Å². The quantitative estimate of drug-likeness (QED) is 0.900. The van der Waals surface area contributed by atoms with Crippen LogP contribution in [0.3, 0.4) is 0 Å². The van der Waals surface area contributed by atoms with Crippen LogP contribution >= 0.6 is 0 Å². The number of benzene rings is 1. The number of aryl methyl sites for hydroxylation is 1. The molecule has 0 spiro atoms. The zero-order chi connectivity index (χ0) is 14.5. The molecule has 106 valence electrons. The maximum Gasteiger partial charge on any atom is 0.225 e. The van der Waals surface area contributed by atoms with Crippen molar-refractivity contribution in [3.63, 3.8) is 0 Å². The molecule has 0 unspecified atom stereocenters. The normalized spacial score (nSPS) is 10.4. The van der Waals surface area contributed by atoms with E-state index in [-0.39, 0.29) is 0 Å². The Morgan fingerprint density at radius 3 is 2.65 bits per heavy atom. The van der Waals surface area contributed by atoms with E-state index < -0.39 is 0 Å². The molecule has 1 aromatic carbocycles. The number of rotatable bonds is 5. The van der Waals surface area contributed by atoms with Crippen molar-refractivity contribution in [3.8, 4) is 5.75 Å². The number of anilines is 1. The summed E-state index contributed by atoms with van der Waals surface area (Å²) in [5.74, 6) is 1.56. The van der Waals surface area contributed by atoms with Crippen molar-refractivity contribution in [2.24, 2.45) is 5.73 Å². The molecule has 20 heavy (non-hydrogen) atoms. The third-order valence-corrected chi connectivity index (χ3v) is 3.23. The molecule has 1 aromatic heterocycles. The Hall–Kier alpha value is -2.14. The van der Waals surface area contributed by atoms with Crippen molar-refractivity contribution in [1.82, 2.24) is 9.97 Å². The highest BCUT2D eigenvalue weighted by Crippen LogP contribution is 2.20. The minimum atomic E-state index is 0.461. The summed E-state index contributed by atoms with van der Waals surface area (Å²) in [7, 11) is 3.64. The standard InChI is InChI=1S/C15H20N4O/c1-11-13(8-16)9-17-15(18-11)19(2)10-12-6-4-5-7-14(12)20-3/h4-7,9H,8,10,16H2,1-3H3. The second kappa shape index (κ2) is 6.34. The zero-order valence-corrected chi connectivity index (χ0v) is 12.1. The van der Waals surface area contributed by atoms with Crippen LogP contribution < -0.4 is 15.4 Å². The average Bonchev–Trinajstić information content (AvgIpc) is 2.47. The van der Waals surface area contributed by atoms with E-state index in [1.165, 1.54) is 0 Å². The third kappa shape index (κ3) is 3.05. The van der Waals surface area contributed by atoms with Gasteiger partial charge in [-0.25, -0.2) is 9.97 Å². The molecule has 0 radical (unpaired) electrons. The lowest BCUT2D eigenvalue weighted by Crippen LogP contribution is -2.20. The lowest BCUT2D eigenvalue weighted by Gasteiger charge is -2.19. The van der Waals surface area contributed by atoms with E-state index >= 15 is 0 Å². The zero-order valence-electron chi connectivity index (χ0n) is 12.1. The third-order valence-electron chi connectivity index (χ3n) is 3.23. The van der Waals surface area contributed by atoms with Crippen LogP contribution in [0.2, 0.25) is 0 Å². The summed E-state index contributed by atoms with van der Waals surface area (Å²) in [6.07, 6.45) is 1.79. The highest BCUT2D eigenvalue weighted by Gasteiger charge is 2.10. The van der Waals surface area contributed by atoms with Crippen LogP contribution in [0.4, 0.5) is 5.95 Å². The van der Waals surface area contributed by atoms with E-state index in [9.17, 15) is 0 Å². The molecule has 0 saturated heterocycles. The topological polar surface area (TPSA) is 64.3 Å². The molecule has 0 fully saturated rings. The van der Waals surface area contributed by atoms with Crippen molar-refractivity contribution in [1.29, 1.82) is 0 Å². The second-order valence-corrected chi connectivity index (χ2v) is 4.65. The van der Waals surface area contributed by atoms with Gasteiger partial charge in [-0.15, -0.1) is 0 Å². The Balaban J connectivity index is 2.19. The summed E-state index contributed by atoms with van der Waals surface area (Å²) in [5.41, 5.74) is 8.62. The Labute approximate surface area is 119 Å². The van der Waals surface area contributed by atoms with Crippen LogP contribution in [0.5, 0.6) is 5.75 Å². The molecule has 5 nitrogen and oxygen atoms in total. The highest BCUT2D eigenvalue weighted by molar-refractivity contribution is 5.39. The van der Waals surface area contributed by atoms with E-state index in [1.54, 1.807) is 13.3 Å². The van der Waals surface area contributed by atoms with Gasteiger partial charge in [0.2, 0.25) is 5.95 Å². The Morgan fingerprint density at radius 2 is 2.00 bits per heavy atom. The second-order valence-electron chi connectivity index (χ2n) is 4.65. The SMILES string of the molecule is COc1ccccc1CN(C)c1ncc(CN)c(C)n1. The van der Waals surface area contributed by atoms with Crippen molar-refractivity contribution in [2.75, 3.05) is 19.1 Å². The van der Waals surface area contributed by atoms with Gasteiger partial charge in [-0.3, -0.25) is 0 Å². The number of hydrogen-bond acceptors (Lipinski definition) is 5. The van der Waals surface area contributed by atoms with Crippen LogP contribution in [0.15, 0.2) is 30.5 Å². The maximum absolute atomic E-state index is 5.63. The largest absolute Gasteiger partial charge is 0.496 e. The van der Waals surface area contributed by atoms with Gasteiger partial charge >= 0.3 is 0 Å². The number of hydrogen-bond donors (Lipinski definition) is 1. The van der Waals surface area contributed by atoms with E-state index in [2.05, 4.69) is 9.97 Å². The number of nitrogens with zero attached hydrogens (tertiary/aromatic N) is 3. The van der Waals surface area contributed by atoms with Gasteiger partial charge in [0.15, 0.2) is 0 Å². The molecule has 1 heterocycles. The summed E-state index contributed by atoms with van der Waals surface area (Å²) in [6, 6.07) is 7.94. The first kappa shape index (κ1) is 14.3. The van der Waals surface area contributed by atoms with E-state index in [0.717, 1.165) is 22.6 Å². The van der Waals surface area contributed by atoms with Gasteiger partial charge in [-0.1, -0.05) is 18.2 Å². The van der Waals surface area contributed by atoms with Gasteiger partial charge in [0, 0.05) is 43.2 Å². The first-order valence-electron chi connectivity index (χ1n) is 6.51. The molecule has 2 aromatic rings. The maximum atomic E-state index is 5.63. The Bertz CT molecular complexity index is 586. The number of nitrogens with two attached hydrogens (primary N) is 1. The molecular formula is C15H20N4O. The summed E-state index contributed by atoms with van der Waals surface area (Å²) >= 11 is 0.